The highest BCUT2D eigenvalue weighted by Gasteiger charge is 2.42. The number of rotatable bonds is 5. The Balaban J connectivity index is 1.63. The Bertz CT molecular complexity index is 1000. The summed E-state index contributed by atoms with van der Waals surface area (Å²) in [6.45, 7) is 7.49. The molecule has 0 N–H and O–H groups in total. The van der Waals surface area contributed by atoms with Gasteiger partial charge in [-0.2, -0.15) is 0 Å². The van der Waals surface area contributed by atoms with Crippen LogP contribution in [0.5, 0.6) is 0 Å². The minimum absolute atomic E-state index is 0.276. The van der Waals surface area contributed by atoms with Crippen molar-refractivity contribution in [1.29, 1.82) is 0 Å². The second-order valence-electron chi connectivity index (χ2n) is 7.52. The summed E-state index contributed by atoms with van der Waals surface area (Å²) in [5, 5.41) is 0.612. The lowest BCUT2D eigenvalue weighted by Gasteiger charge is -2.27. The number of hydrogen-bond acceptors (Lipinski definition) is 5. The lowest BCUT2D eigenvalue weighted by molar-refractivity contribution is -0.121. The lowest BCUT2D eigenvalue weighted by atomic mass is 10.0. The zero-order valence-corrected chi connectivity index (χ0v) is 17.4. The van der Waals surface area contributed by atoms with Gasteiger partial charge in [0.25, 0.3) is 17.7 Å². The zero-order valence-electron chi connectivity index (χ0n) is 16.6. The Hall–Kier alpha value is -2.80. The van der Waals surface area contributed by atoms with Crippen LogP contribution in [-0.4, -0.2) is 40.2 Å². The van der Waals surface area contributed by atoms with Gasteiger partial charge in [-0.15, -0.1) is 17.9 Å². The SMILES string of the molecule is C=CCN(C(=O)[C@@H](C)N1C(=O)c2ccc(C)cc2C1=O)c1nc2c(s1)CCCC2. The van der Waals surface area contributed by atoms with Crippen molar-refractivity contribution in [2.45, 2.75) is 45.6 Å². The van der Waals surface area contributed by atoms with E-state index in [2.05, 4.69) is 11.6 Å². The van der Waals surface area contributed by atoms with E-state index < -0.39 is 17.9 Å². The molecule has 0 bridgehead atoms. The Morgan fingerprint density at radius 3 is 2.72 bits per heavy atom. The fraction of sp³-hybridized carbons (Fsp3) is 0.364. The monoisotopic (exact) mass is 409 g/mol. The number of hydrogen-bond donors (Lipinski definition) is 0. The summed E-state index contributed by atoms with van der Waals surface area (Å²) in [5.74, 6) is -1.18. The topological polar surface area (TPSA) is 70.6 Å². The normalized spacial score (nSPS) is 16.4. The van der Waals surface area contributed by atoms with Crippen LogP contribution in [0, 0.1) is 6.92 Å². The van der Waals surface area contributed by atoms with Gasteiger partial charge in [-0.25, -0.2) is 4.98 Å². The summed E-state index contributed by atoms with van der Waals surface area (Å²) in [4.78, 5) is 47.6. The molecule has 0 unspecified atom stereocenters. The molecule has 1 aliphatic carbocycles. The largest absolute Gasteiger partial charge is 0.282 e. The van der Waals surface area contributed by atoms with Crippen LogP contribution in [0.1, 0.15) is 56.6 Å². The van der Waals surface area contributed by atoms with Gasteiger partial charge in [0.05, 0.1) is 16.8 Å². The van der Waals surface area contributed by atoms with E-state index in [4.69, 9.17) is 0 Å². The van der Waals surface area contributed by atoms with Gasteiger partial charge in [0.1, 0.15) is 6.04 Å². The highest BCUT2D eigenvalue weighted by Crippen LogP contribution is 2.33. The number of fused-ring (bicyclic) bond motifs is 2. The summed E-state index contributed by atoms with van der Waals surface area (Å²) < 4.78 is 0. The minimum Gasteiger partial charge on any atom is -0.282 e. The number of carbonyl (C=O) groups is 3. The third-order valence-electron chi connectivity index (χ3n) is 5.46. The van der Waals surface area contributed by atoms with Crippen molar-refractivity contribution in [3.05, 3.63) is 58.1 Å². The number of imide groups is 1. The van der Waals surface area contributed by atoms with Crippen LogP contribution < -0.4 is 4.90 Å². The van der Waals surface area contributed by atoms with Gasteiger partial charge in [-0.3, -0.25) is 24.2 Å². The summed E-state index contributed by atoms with van der Waals surface area (Å²) in [5.41, 5.74) is 2.66. The van der Waals surface area contributed by atoms with E-state index in [1.807, 2.05) is 6.92 Å². The number of carbonyl (C=O) groups excluding carboxylic acids is 3. The van der Waals surface area contributed by atoms with Crippen molar-refractivity contribution in [2.75, 3.05) is 11.4 Å². The van der Waals surface area contributed by atoms with Gasteiger partial charge in [0, 0.05) is 11.4 Å². The van der Waals surface area contributed by atoms with Crippen LogP contribution in [0.15, 0.2) is 30.9 Å². The first-order valence-electron chi connectivity index (χ1n) is 9.81. The molecule has 3 amide bonds. The van der Waals surface area contributed by atoms with Crippen molar-refractivity contribution >= 4 is 34.2 Å². The number of aromatic nitrogens is 1. The fourth-order valence-electron chi connectivity index (χ4n) is 3.91. The molecule has 150 valence electrons. The Morgan fingerprint density at radius 2 is 2.00 bits per heavy atom. The number of aryl methyl sites for hydroxylation is 3. The summed E-state index contributed by atoms with van der Waals surface area (Å²) in [6, 6.07) is 4.22. The second-order valence-corrected chi connectivity index (χ2v) is 8.58. The predicted molar refractivity (Wildman–Crippen MR) is 112 cm³/mol. The predicted octanol–water partition coefficient (Wildman–Crippen LogP) is 3.53. The molecule has 0 spiro atoms. The quantitative estimate of drug-likeness (QED) is 0.559. The Kier molecular flexibility index (Phi) is 5.08. The van der Waals surface area contributed by atoms with E-state index in [0.29, 0.717) is 16.3 Å². The molecule has 1 aliphatic heterocycles. The number of anilines is 1. The molecular formula is C22H23N3O3S. The van der Waals surface area contributed by atoms with Gasteiger partial charge in [-0.1, -0.05) is 17.7 Å². The van der Waals surface area contributed by atoms with Crippen molar-refractivity contribution in [2.24, 2.45) is 0 Å². The Morgan fingerprint density at radius 1 is 1.28 bits per heavy atom. The van der Waals surface area contributed by atoms with Crippen LogP contribution >= 0.6 is 11.3 Å². The first-order valence-corrected chi connectivity index (χ1v) is 10.6. The molecule has 0 fully saturated rings. The number of nitrogens with zero attached hydrogens (tertiary/aromatic N) is 3. The van der Waals surface area contributed by atoms with Crippen LogP contribution in [-0.2, 0) is 17.6 Å². The van der Waals surface area contributed by atoms with E-state index in [-0.39, 0.29) is 12.5 Å². The van der Waals surface area contributed by atoms with E-state index in [0.717, 1.165) is 41.8 Å². The maximum absolute atomic E-state index is 13.3. The second kappa shape index (κ2) is 7.55. The smallest absolute Gasteiger partial charge is 0.262 e. The van der Waals surface area contributed by atoms with Crippen LogP contribution in [0.2, 0.25) is 0 Å². The number of amides is 3. The number of benzene rings is 1. The summed E-state index contributed by atoms with van der Waals surface area (Å²) in [6.07, 6.45) is 5.79. The minimum atomic E-state index is -0.927. The van der Waals surface area contributed by atoms with E-state index in [1.165, 1.54) is 21.1 Å². The molecule has 2 aromatic rings. The standard InChI is InChI=1S/C22H23N3O3S/c1-4-11-24(22-23-17-7-5-6-8-18(17)29-22)19(26)14(3)25-20(27)15-10-9-13(2)12-16(15)21(25)28/h4,9-10,12,14H,1,5-8,11H2,2-3H3/t14-/m1/s1. The zero-order chi connectivity index (χ0) is 20.7. The summed E-state index contributed by atoms with van der Waals surface area (Å²) in [7, 11) is 0. The molecule has 29 heavy (non-hydrogen) atoms. The first-order chi connectivity index (χ1) is 13.9. The molecule has 0 saturated heterocycles. The van der Waals surface area contributed by atoms with Gasteiger partial charge in [0.2, 0.25) is 0 Å². The van der Waals surface area contributed by atoms with E-state index >= 15 is 0 Å². The van der Waals surface area contributed by atoms with Crippen molar-refractivity contribution < 1.29 is 14.4 Å². The molecule has 2 aliphatic rings. The molecular weight excluding hydrogens is 386 g/mol. The van der Waals surface area contributed by atoms with Gasteiger partial charge in [-0.05, 0) is 51.7 Å². The van der Waals surface area contributed by atoms with Crippen molar-refractivity contribution in [1.82, 2.24) is 9.88 Å². The van der Waals surface area contributed by atoms with Gasteiger partial charge < -0.3 is 0 Å². The fourth-order valence-corrected chi connectivity index (χ4v) is 5.07. The highest BCUT2D eigenvalue weighted by atomic mass is 32.1. The summed E-state index contributed by atoms with van der Waals surface area (Å²) >= 11 is 1.52. The van der Waals surface area contributed by atoms with Crippen molar-refractivity contribution in [3.8, 4) is 0 Å². The number of thiazole rings is 1. The van der Waals surface area contributed by atoms with Crippen LogP contribution in [0.3, 0.4) is 0 Å². The molecule has 0 radical (unpaired) electrons. The Labute approximate surface area is 173 Å². The van der Waals surface area contributed by atoms with Gasteiger partial charge in [0.15, 0.2) is 5.13 Å². The maximum atomic E-state index is 13.3. The van der Waals surface area contributed by atoms with Gasteiger partial charge >= 0.3 is 0 Å². The van der Waals surface area contributed by atoms with Crippen LogP contribution in [0.4, 0.5) is 5.13 Å². The van der Waals surface area contributed by atoms with E-state index in [9.17, 15) is 14.4 Å². The highest BCUT2D eigenvalue weighted by molar-refractivity contribution is 7.16. The molecule has 6 nitrogen and oxygen atoms in total. The maximum Gasteiger partial charge on any atom is 0.262 e. The first kappa shape index (κ1) is 19.5. The molecule has 0 saturated carbocycles. The average Bonchev–Trinajstić information content (AvgIpc) is 3.24. The lowest BCUT2D eigenvalue weighted by Crippen LogP contribution is -2.49. The molecule has 4 rings (SSSR count). The van der Waals surface area contributed by atoms with E-state index in [1.54, 1.807) is 31.2 Å². The third kappa shape index (κ3) is 3.29. The average molecular weight is 410 g/mol. The third-order valence-corrected chi connectivity index (χ3v) is 6.64. The molecule has 1 aromatic heterocycles. The molecule has 1 aromatic carbocycles. The molecule has 2 heterocycles. The van der Waals surface area contributed by atoms with Crippen LogP contribution in [0.25, 0.3) is 0 Å². The molecule has 1 atom stereocenters. The molecule has 7 heteroatoms. The van der Waals surface area contributed by atoms with Crippen molar-refractivity contribution in [3.63, 3.8) is 0 Å².